The van der Waals surface area contributed by atoms with E-state index in [4.69, 9.17) is 5.11 Å². The lowest BCUT2D eigenvalue weighted by Crippen LogP contribution is -2.45. The third-order valence-corrected chi connectivity index (χ3v) is 1.82. The maximum absolute atomic E-state index is 11.5. The van der Waals surface area contributed by atoms with E-state index in [9.17, 15) is 9.59 Å². The molecular weight excluding hydrogens is 170 g/mol. The van der Waals surface area contributed by atoms with E-state index in [-0.39, 0.29) is 17.6 Å². The third kappa shape index (κ3) is 3.92. The largest absolute Gasteiger partial charge is 0.465 e. The van der Waals surface area contributed by atoms with Crippen LogP contribution in [0.4, 0.5) is 4.79 Å². The zero-order valence-corrected chi connectivity index (χ0v) is 8.50. The number of ketones is 1. The topological polar surface area (TPSA) is 66.4 Å². The van der Waals surface area contributed by atoms with Crippen molar-refractivity contribution in [1.29, 1.82) is 0 Å². The SMILES string of the molecule is CC(C)C(=O)C(NC(=O)O)C(C)C. The lowest BCUT2D eigenvalue weighted by molar-refractivity contribution is -0.124. The molecule has 0 spiro atoms. The van der Waals surface area contributed by atoms with Crippen molar-refractivity contribution in [2.24, 2.45) is 11.8 Å². The summed E-state index contributed by atoms with van der Waals surface area (Å²) < 4.78 is 0. The maximum atomic E-state index is 11.5. The van der Waals surface area contributed by atoms with E-state index in [1.165, 1.54) is 0 Å². The summed E-state index contributed by atoms with van der Waals surface area (Å²) in [4.78, 5) is 21.9. The Morgan fingerprint density at radius 3 is 1.85 bits per heavy atom. The summed E-state index contributed by atoms with van der Waals surface area (Å²) in [5.41, 5.74) is 0. The highest BCUT2D eigenvalue weighted by atomic mass is 16.4. The van der Waals surface area contributed by atoms with Gasteiger partial charge >= 0.3 is 6.09 Å². The number of hydrogen-bond acceptors (Lipinski definition) is 2. The Morgan fingerprint density at radius 2 is 1.62 bits per heavy atom. The molecule has 0 aromatic heterocycles. The van der Waals surface area contributed by atoms with Crippen LogP contribution in [0, 0.1) is 11.8 Å². The normalized spacial score (nSPS) is 13.1. The lowest BCUT2D eigenvalue weighted by Gasteiger charge is -2.21. The minimum absolute atomic E-state index is 0.00833. The quantitative estimate of drug-likeness (QED) is 0.701. The van der Waals surface area contributed by atoms with Crippen molar-refractivity contribution in [3.8, 4) is 0 Å². The first-order valence-corrected chi connectivity index (χ1v) is 4.39. The molecule has 1 atom stereocenters. The average molecular weight is 187 g/mol. The van der Waals surface area contributed by atoms with Gasteiger partial charge < -0.3 is 10.4 Å². The molecule has 0 radical (unpaired) electrons. The second-order valence-electron chi connectivity index (χ2n) is 3.73. The van der Waals surface area contributed by atoms with Gasteiger partial charge in [-0.15, -0.1) is 0 Å². The predicted octanol–water partition coefficient (Wildman–Crippen LogP) is 1.50. The van der Waals surface area contributed by atoms with Gasteiger partial charge in [0.1, 0.15) is 0 Å². The van der Waals surface area contributed by atoms with Gasteiger partial charge in [-0.25, -0.2) is 4.79 Å². The Labute approximate surface area is 78.3 Å². The molecule has 0 saturated heterocycles. The first-order chi connectivity index (χ1) is 5.86. The van der Waals surface area contributed by atoms with E-state index >= 15 is 0 Å². The molecule has 4 heteroatoms. The first-order valence-electron chi connectivity index (χ1n) is 4.39. The summed E-state index contributed by atoms with van der Waals surface area (Å²) in [5.74, 6) is -0.206. The fourth-order valence-electron chi connectivity index (χ4n) is 1.06. The van der Waals surface area contributed by atoms with Crippen LogP contribution in [-0.4, -0.2) is 23.0 Å². The fourth-order valence-corrected chi connectivity index (χ4v) is 1.06. The van der Waals surface area contributed by atoms with E-state index in [1.807, 2.05) is 13.8 Å². The Balaban J connectivity index is 4.42. The van der Waals surface area contributed by atoms with Crippen molar-refractivity contribution in [1.82, 2.24) is 5.32 Å². The number of carbonyl (C=O) groups excluding carboxylic acids is 1. The molecule has 4 nitrogen and oxygen atoms in total. The first kappa shape index (κ1) is 11.9. The molecule has 2 N–H and O–H groups in total. The second-order valence-corrected chi connectivity index (χ2v) is 3.73. The van der Waals surface area contributed by atoms with Crippen molar-refractivity contribution in [2.75, 3.05) is 0 Å². The van der Waals surface area contributed by atoms with Gasteiger partial charge in [0.05, 0.1) is 6.04 Å². The second kappa shape index (κ2) is 4.84. The third-order valence-electron chi connectivity index (χ3n) is 1.82. The van der Waals surface area contributed by atoms with Crippen LogP contribution in [0.2, 0.25) is 0 Å². The molecule has 1 amide bonds. The fraction of sp³-hybridized carbons (Fsp3) is 0.778. The highest BCUT2D eigenvalue weighted by molar-refractivity contribution is 5.88. The molecular formula is C9H17NO3. The monoisotopic (exact) mass is 187 g/mol. The molecule has 76 valence electrons. The van der Waals surface area contributed by atoms with Crippen LogP contribution in [0.15, 0.2) is 0 Å². The molecule has 0 aliphatic rings. The van der Waals surface area contributed by atoms with Gasteiger partial charge in [0.25, 0.3) is 0 Å². The number of Topliss-reactive ketones (excluding diaryl/α,β-unsaturated/α-hetero) is 1. The summed E-state index contributed by atoms with van der Waals surface area (Å²) in [6, 6.07) is -0.586. The van der Waals surface area contributed by atoms with Gasteiger partial charge in [-0.1, -0.05) is 27.7 Å². The van der Waals surface area contributed by atoms with E-state index in [0.29, 0.717) is 0 Å². The van der Waals surface area contributed by atoms with Gasteiger partial charge in [0.15, 0.2) is 5.78 Å². The van der Waals surface area contributed by atoms with Crippen LogP contribution < -0.4 is 5.32 Å². The summed E-state index contributed by atoms with van der Waals surface area (Å²) in [6.45, 7) is 7.17. The highest BCUT2D eigenvalue weighted by Crippen LogP contribution is 2.08. The number of hydrogen-bond donors (Lipinski definition) is 2. The zero-order valence-electron chi connectivity index (χ0n) is 8.50. The van der Waals surface area contributed by atoms with Crippen molar-refractivity contribution in [2.45, 2.75) is 33.7 Å². The number of carboxylic acid groups (broad SMARTS) is 1. The standard InChI is InChI=1S/C9H17NO3/c1-5(2)7(10-9(12)13)8(11)6(3)4/h5-7,10H,1-4H3,(H,12,13). The molecule has 0 aromatic rings. The summed E-state index contributed by atoms with van der Waals surface area (Å²) >= 11 is 0. The molecule has 0 rings (SSSR count). The molecule has 0 fully saturated rings. The summed E-state index contributed by atoms with van der Waals surface area (Å²) in [6.07, 6.45) is -1.15. The van der Waals surface area contributed by atoms with Gasteiger partial charge in [0, 0.05) is 5.92 Å². The Morgan fingerprint density at radius 1 is 1.15 bits per heavy atom. The number of amides is 1. The van der Waals surface area contributed by atoms with E-state index in [0.717, 1.165) is 0 Å². The number of carbonyl (C=O) groups is 2. The lowest BCUT2D eigenvalue weighted by atomic mass is 9.93. The van der Waals surface area contributed by atoms with Gasteiger partial charge in [-0.2, -0.15) is 0 Å². The van der Waals surface area contributed by atoms with Crippen LogP contribution in [0.5, 0.6) is 0 Å². The van der Waals surface area contributed by atoms with Crippen LogP contribution in [0.1, 0.15) is 27.7 Å². The number of nitrogens with one attached hydrogen (secondary N) is 1. The molecule has 0 heterocycles. The minimum Gasteiger partial charge on any atom is -0.465 e. The Kier molecular flexibility index (Phi) is 4.45. The maximum Gasteiger partial charge on any atom is 0.405 e. The molecule has 0 bridgehead atoms. The smallest absolute Gasteiger partial charge is 0.405 e. The summed E-state index contributed by atoms with van der Waals surface area (Å²) in [5, 5.41) is 10.7. The Bertz CT molecular complexity index is 199. The zero-order chi connectivity index (χ0) is 10.6. The van der Waals surface area contributed by atoms with Gasteiger partial charge in [0.2, 0.25) is 0 Å². The van der Waals surface area contributed by atoms with Gasteiger partial charge in [-0.05, 0) is 5.92 Å². The molecule has 0 aliphatic heterocycles. The van der Waals surface area contributed by atoms with Crippen molar-refractivity contribution in [3.63, 3.8) is 0 Å². The highest BCUT2D eigenvalue weighted by Gasteiger charge is 2.25. The van der Waals surface area contributed by atoms with Crippen LogP contribution >= 0.6 is 0 Å². The molecule has 0 saturated carbocycles. The summed E-state index contributed by atoms with van der Waals surface area (Å²) in [7, 11) is 0. The van der Waals surface area contributed by atoms with Crippen LogP contribution in [-0.2, 0) is 4.79 Å². The minimum atomic E-state index is -1.15. The van der Waals surface area contributed by atoms with E-state index in [2.05, 4.69) is 5.32 Å². The van der Waals surface area contributed by atoms with Gasteiger partial charge in [-0.3, -0.25) is 4.79 Å². The van der Waals surface area contributed by atoms with Crippen LogP contribution in [0.25, 0.3) is 0 Å². The van der Waals surface area contributed by atoms with Crippen molar-refractivity contribution in [3.05, 3.63) is 0 Å². The predicted molar refractivity (Wildman–Crippen MR) is 49.6 cm³/mol. The molecule has 1 unspecified atom stereocenters. The van der Waals surface area contributed by atoms with Crippen LogP contribution in [0.3, 0.4) is 0 Å². The number of rotatable bonds is 4. The Hall–Kier alpha value is -1.06. The molecule has 0 aliphatic carbocycles. The van der Waals surface area contributed by atoms with E-state index < -0.39 is 12.1 Å². The van der Waals surface area contributed by atoms with Crippen molar-refractivity contribution >= 4 is 11.9 Å². The molecule has 13 heavy (non-hydrogen) atoms. The van der Waals surface area contributed by atoms with Crippen molar-refractivity contribution < 1.29 is 14.7 Å². The average Bonchev–Trinajstić information content (AvgIpc) is 1.97. The molecule has 0 aromatic carbocycles. The van der Waals surface area contributed by atoms with E-state index in [1.54, 1.807) is 13.8 Å².